The lowest BCUT2D eigenvalue weighted by atomic mass is 9.91. The van der Waals surface area contributed by atoms with Gasteiger partial charge >= 0.3 is 0 Å². The monoisotopic (exact) mass is 698 g/mol. The second kappa shape index (κ2) is 13.6. The van der Waals surface area contributed by atoms with Gasteiger partial charge in [0.15, 0.2) is 4.93 Å². The number of ether oxygens (including phenoxy) is 2. The van der Waals surface area contributed by atoms with Crippen molar-refractivity contribution < 1.29 is 19.1 Å². The number of carbonyl (C=O) groups excluding carboxylic acids is 2. The maximum absolute atomic E-state index is 14.2. The molecule has 0 spiro atoms. The first kappa shape index (κ1) is 32.4. The van der Waals surface area contributed by atoms with E-state index >= 15 is 0 Å². The molecule has 0 unspecified atom stereocenters. The van der Waals surface area contributed by atoms with Crippen LogP contribution < -0.4 is 9.64 Å². The summed E-state index contributed by atoms with van der Waals surface area (Å²) in [5, 5.41) is -0.573. The standard InChI is InChI=1S/C38H39BrN2O4S/c1-5-6-23-44-32-24-29(39)19-22-31(32)33-35(36(42)41(33)30-20-17-27(18-21-30)26-13-9-7-10-14-26)46-38(3)37(43)40(4)25(2)34(45-38)28-15-11-8-12-16-28/h7-22,24-25,33-35H,5-6,23H2,1-4H3/t25-,33+,34-,35-,38+/m0/s1. The molecular formula is C38H39BrN2O4S. The summed E-state index contributed by atoms with van der Waals surface area (Å²) >= 11 is 4.91. The fraction of sp³-hybridized carbons (Fsp3) is 0.316. The Labute approximate surface area is 284 Å². The average Bonchev–Trinajstić information content (AvgIpc) is 3.08. The van der Waals surface area contributed by atoms with Crippen molar-refractivity contribution in [3.8, 4) is 16.9 Å². The molecule has 0 aliphatic carbocycles. The maximum atomic E-state index is 14.2. The van der Waals surface area contributed by atoms with Crippen molar-refractivity contribution in [3.63, 3.8) is 0 Å². The van der Waals surface area contributed by atoms with Gasteiger partial charge in [-0.05, 0) is 61.2 Å². The van der Waals surface area contributed by atoms with Crippen molar-refractivity contribution in [1.29, 1.82) is 0 Å². The number of thioether (sulfide) groups is 1. The largest absolute Gasteiger partial charge is 0.493 e. The van der Waals surface area contributed by atoms with Gasteiger partial charge in [-0.1, -0.05) is 108 Å². The molecule has 4 aromatic rings. The van der Waals surface area contributed by atoms with Crippen LogP contribution in [-0.2, 0) is 14.3 Å². The van der Waals surface area contributed by atoms with Crippen LogP contribution in [0.5, 0.6) is 5.75 Å². The Morgan fingerprint density at radius 3 is 2.24 bits per heavy atom. The molecule has 0 aromatic heterocycles. The number of unbranched alkanes of at least 4 members (excludes halogenated alkanes) is 1. The third-order valence-electron chi connectivity index (χ3n) is 8.94. The Kier molecular flexibility index (Phi) is 9.59. The van der Waals surface area contributed by atoms with Crippen molar-refractivity contribution in [1.82, 2.24) is 4.90 Å². The molecule has 2 aliphatic rings. The Hall–Kier alpha value is -3.59. The summed E-state index contributed by atoms with van der Waals surface area (Å²) in [4.78, 5) is 30.4. The molecule has 2 amide bonds. The minimum absolute atomic E-state index is 0.0694. The Balaban J connectivity index is 1.36. The fourth-order valence-corrected chi connectivity index (χ4v) is 8.07. The van der Waals surface area contributed by atoms with E-state index in [1.54, 1.807) is 11.8 Å². The highest BCUT2D eigenvalue weighted by Crippen LogP contribution is 2.53. The van der Waals surface area contributed by atoms with Crippen LogP contribution in [0.15, 0.2) is 108 Å². The molecule has 238 valence electrons. The van der Waals surface area contributed by atoms with E-state index in [1.165, 1.54) is 11.8 Å². The van der Waals surface area contributed by atoms with Crippen LogP contribution >= 0.6 is 27.7 Å². The molecule has 2 fully saturated rings. The van der Waals surface area contributed by atoms with E-state index in [1.807, 2.05) is 110 Å². The van der Waals surface area contributed by atoms with Gasteiger partial charge in [0, 0.05) is 22.8 Å². The van der Waals surface area contributed by atoms with Crippen LogP contribution in [0.4, 0.5) is 5.69 Å². The smallest absolute Gasteiger partial charge is 0.265 e. The molecule has 4 aromatic carbocycles. The summed E-state index contributed by atoms with van der Waals surface area (Å²) in [6.45, 7) is 6.51. The highest BCUT2D eigenvalue weighted by molar-refractivity contribution is 9.10. The number of hydrogen-bond acceptors (Lipinski definition) is 5. The topological polar surface area (TPSA) is 59.1 Å². The fourth-order valence-electron chi connectivity index (χ4n) is 6.23. The number of β-lactam (4-membered cyclic amide) rings is 1. The Morgan fingerprint density at radius 2 is 1.57 bits per heavy atom. The first-order chi connectivity index (χ1) is 22.2. The lowest BCUT2D eigenvalue weighted by Crippen LogP contribution is -2.62. The van der Waals surface area contributed by atoms with Gasteiger partial charge < -0.3 is 19.3 Å². The van der Waals surface area contributed by atoms with Gasteiger partial charge in [-0.15, -0.1) is 11.8 Å². The average molecular weight is 700 g/mol. The molecule has 0 radical (unpaired) electrons. The number of amides is 2. The van der Waals surface area contributed by atoms with Gasteiger partial charge in [0.1, 0.15) is 17.1 Å². The maximum Gasteiger partial charge on any atom is 0.265 e. The minimum Gasteiger partial charge on any atom is -0.493 e. The van der Waals surface area contributed by atoms with Crippen molar-refractivity contribution >= 4 is 45.2 Å². The highest BCUT2D eigenvalue weighted by Gasteiger charge is 2.57. The third-order valence-corrected chi connectivity index (χ3v) is 10.9. The van der Waals surface area contributed by atoms with Crippen molar-refractivity contribution in [2.45, 2.75) is 62.0 Å². The van der Waals surface area contributed by atoms with E-state index in [0.717, 1.165) is 51.0 Å². The van der Waals surface area contributed by atoms with Gasteiger partial charge in [0.2, 0.25) is 5.91 Å². The molecule has 6 rings (SSSR count). The quantitative estimate of drug-likeness (QED) is 0.122. The van der Waals surface area contributed by atoms with Crippen LogP contribution in [-0.4, -0.2) is 46.6 Å². The molecular weight excluding hydrogens is 660 g/mol. The second-order valence-corrected chi connectivity index (χ2v) is 14.5. The molecule has 6 nitrogen and oxygen atoms in total. The normalized spacial score (nSPS) is 24.5. The van der Waals surface area contributed by atoms with E-state index in [4.69, 9.17) is 9.47 Å². The predicted octanol–water partition coefficient (Wildman–Crippen LogP) is 8.82. The van der Waals surface area contributed by atoms with Crippen LogP contribution in [0.3, 0.4) is 0 Å². The van der Waals surface area contributed by atoms with E-state index < -0.39 is 10.2 Å². The zero-order valence-corrected chi connectivity index (χ0v) is 29.0. The molecule has 2 heterocycles. The van der Waals surface area contributed by atoms with E-state index in [-0.39, 0.29) is 30.0 Å². The number of carbonyl (C=O) groups is 2. The zero-order valence-electron chi connectivity index (χ0n) is 26.6. The van der Waals surface area contributed by atoms with Gasteiger partial charge in [0.25, 0.3) is 5.91 Å². The van der Waals surface area contributed by atoms with Gasteiger partial charge in [-0.25, -0.2) is 0 Å². The molecule has 2 saturated heterocycles. The number of rotatable bonds is 10. The van der Waals surface area contributed by atoms with E-state index in [2.05, 4.69) is 35.0 Å². The van der Waals surface area contributed by atoms with Crippen LogP contribution in [0.1, 0.15) is 56.9 Å². The second-order valence-electron chi connectivity index (χ2n) is 12.0. The summed E-state index contributed by atoms with van der Waals surface area (Å²) in [7, 11) is 1.82. The molecule has 46 heavy (non-hydrogen) atoms. The van der Waals surface area contributed by atoms with E-state index in [9.17, 15) is 9.59 Å². The number of anilines is 1. The summed E-state index contributed by atoms with van der Waals surface area (Å²) in [5.41, 5.74) is 4.88. The lowest BCUT2D eigenvalue weighted by Gasteiger charge is -2.52. The molecule has 8 heteroatoms. The summed E-state index contributed by atoms with van der Waals surface area (Å²) in [6, 6.07) is 33.7. The summed E-state index contributed by atoms with van der Waals surface area (Å²) < 4.78 is 13.9. The van der Waals surface area contributed by atoms with Gasteiger partial charge in [-0.3, -0.25) is 9.59 Å². The van der Waals surface area contributed by atoms with E-state index in [0.29, 0.717) is 6.61 Å². The SMILES string of the molecule is CCCCOc1cc(Br)ccc1[C@@H]1[C@H](S[C@@]2(C)O[C@H](c3ccccc3)[C@H](C)N(C)C2=O)C(=O)N1c1ccc(-c2ccccc2)cc1. The summed E-state index contributed by atoms with van der Waals surface area (Å²) in [5.74, 6) is 0.510. The Bertz CT molecular complexity index is 1690. The first-order valence-corrected chi connectivity index (χ1v) is 17.5. The molecule has 0 N–H and O–H groups in total. The summed E-state index contributed by atoms with van der Waals surface area (Å²) in [6.07, 6.45) is 1.59. The number of nitrogens with zero attached hydrogens (tertiary/aromatic N) is 2. The van der Waals surface area contributed by atoms with Crippen LogP contribution in [0.25, 0.3) is 11.1 Å². The molecule has 0 bridgehead atoms. The number of benzene rings is 4. The van der Waals surface area contributed by atoms with Gasteiger partial charge in [-0.2, -0.15) is 0 Å². The Morgan fingerprint density at radius 1 is 0.913 bits per heavy atom. The number of likely N-dealkylation sites (N-methyl/N-ethyl adjacent to an activating group) is 1. The van der Waals surface area contributed by atoms with Crippen LogP contribution in [0, 0.1) is 0 Å². The number of halogens is 1. The first-order valence-electron chi connectivity index (χ1n) is 15.8. The molecule has 5 atom stereocenters. The minimum atomic E-state index is -1.28. The van der Waals surface area contributed by atoms with Gasteiger partial charge in [0.05, 0.1) is 18.7 Å². The van der Waals surface area contributed by atoms with Crippen molar-refractivity contribution in [2.24, 2.45) is 0 Å². The third kappa shape index (κ3) is 6.23. The predicted molar refractivity (Wildman–Crippen MR) is 189 cm³/mol. The molecule has 2 aliphatic heterocycles. The van der Waals surface area contributed by atoms with Crippen LogP contribution in [0.2, 0.25) is 0 Å². The zero-order chi connectivity index (χ0) is 32.4. The lowest BCUT2D eigenvalue weighted by molar-refractivity contribution is -0.173. The molecule has 0 saturated carbocycles. The number of morpholine rings is 1. The number of hydrogen-bond donors (Lipinski definition) is 0. The highest BCUT2D eigenvalue weighted by atomic mass is 79.9. The van der Waals surface area contributed by atoms with Crippen molar-refractivity contribution in [2.75, 3.05) is 18.6 Å². The van der Waals surface area contributed by atoms with Crippen molar-refractivity contribution in [3.05, 3.63) is 119 Å².